The number of methoxy groups -OCH3 is 1. The van der Waals surface area contributed by atoms with E-state index in [1.54, 1.807) is 0 Å². The van der Waals surface area contributed by atoms with Crippen LogP contribution in [0.4, 0.5) is 0 Å². The van der Waals surface area contributed by atoms with Crippen LogP contribution in [0.3, 0.4) is 0 Å². The number of hydrogen-bond donors (Lipinski definition) is 0. The second-order valence-electron chi connectivity index (χ2n) is 5.09. The van der Waals surface area contributed by atoms with Gasteiger partial charge in [-0.25, -0.2) is 0 Å². The SMILES string of the molecule is CCCCC(C[N+](=O)[O-])C1(C(=O)OC)CCCC1=O. The van der Waals surface area contributed by atoms with Gasteiger partial charge in [0, 0.05) is 17.3 Å². The van der Waals surface area contributed by atoms with Crippen LogP contribution in [0.1, 0.15) is 45.4 Å². The molecule has 108 valence electrons. The molecule has 0 aliphatic heterocycles. The second-order valence-corrected chi connectivity index (χ2v) is 5.09. The molecule has 2 unspecified atom stereocenters. The van der Waals surface area contributed by atoms with Crippen molar-refractivity contribution < 1.29 is 19.2 Å². The Bertz CT molecular complexity index is 368. The molecular formula is C13H21NO5. The Morgan fingerprint density at radius 1 is 1.58 bits per heavy atom. The molecule has 0 aromatic heterocycles. The smallest absolute Gasteiger partial charge is 0.319 e. The first kappa shape index (κ1) is 15.6. The van der Waals surface area contributed by atoms with E-state index < -0.39 is 22.2 Å². The van der Waals surface area contributed by atoms with Crippen molar-refractivity contribution in [3.05, 3.63) is 10.1 Å². The summed E-state index contributed by atoms with van der Waals surface area (Å²) in [4.78, 5) is 34.6. The van der Waals surface area contributed by atoms with Gasteiger partial charge in [-0.15, -0.1) is 0 Å². The zero-order valence-corrected chi connectivity index (χ0v) is 11.5. The van der Waals surface area contributed by atoms with Gasteiger partial charge in [0.15, 0.2) is 5.78 Å². The summed E-state index contributed by atoms with van der Waals surface area (Å²) in [6, 6.07) is 0. The highest BCUT2D eigenvalue weighted by Gasteiger charge is 2.56. The Morgan fingerprint density at radius 3 is 2.68 bits per heavy atom. The number of nitro groups is 1. The fraction of sp³-hybridized carbons (Fsp3) is 0.846. The van der Waals surface area contributed by atoms with Crippen LogP contribution < -0.4 is 0 Å². The third-order valence-corrected chi connectivity index (χ3v) is 3.99. The van der Waals surface area contributed by atoms with Crippen LogP contribution in [-0.2, 0) is 14.3 Å². The number of carbonyl (C=O) groups is 2. The molecule has 0 N–H and O–H groups in total. The van der Waals surface area contributed by atoms with Crippen molar-refractivity contribution in [2.24, 2.45) is 11.3 Å². The lowest BCUT2D eigenvalue weighted by molar-refractivity contribution is -0.491. The van der Waals surface area contributed by atoms with Gasteiger partial charge >= 0.3 is 5.97 Å². The van der Waals surface area contributed by atoms with Gasteiger partial charge in [-0.05, 0) is 19.3 Å². The van der Waals surface area contributed by atoms with E-state index in [-0.39, 0.29) is 12.3 Å². The van der Waals surface area contributed by atoms with E-state index in [0.717, 1.165) is 12.8 Å². The number of rotatable bonds is 7. The normalized spacial score (nSPS) is 24.2. The molecule has 0 radical (unpaired) electrons. The molecule has 6 heteroatoms. The van der Waals surface area contributed by atoms with Crippen LogP contribution in [0, 0.1) is 21.4 Å². The van der Waals surface area contributed by atoms with Crippen molar-refractivity contribution in [1.82, 2.24) is 0 Å². The molecule has 0 amide bonds. The standard InChI is InChI=1S/C13H21NO5/c1-3-4-6-10(9-14(17)18)13(12(16)19-2)8-5-7-11(13)15/h10H,3-9H2,1-2H3. The molecule has 0 aromatic rings. The van der Waals surface area contributed by atoms with Crippen LogP contribution in [0.5, 0.6) is 0 Å². The average Bonchev–Trinajstić information content (AvgIpc) is 2.76. The van der Waals surface area contributed by atoms with E-state index in [1.807, 2.05) is 6.92 Å². The van der Waals surface area contributed by atoms with Gasteiger partial charge < -0.3 is 4.74 Å². The van der Waals surface area contributed by atoms with Gasteiger partial charge in [0.05, 0.1) is 7.11 Å². The largest absolute Gasteiger partial charge is 0.468 e. The van der Waals surface area contributed by atoms with Crippen molar-refractivity contribution in [3.8, 4) is 0 Å². The first-order chi connectivity index (χ1) is 8.98. The van der Waals surface area contributed by atoms with Gasteiger partial charge in [-0.1, -0.05) is 19.8 Å². The van der Waals surface area contributed by atoms with Crippen LogP contribution in [-0.4, -0.2) is 30.3 Å². The zero-order chi connectivity index (χ0) is 14.5. The van der Waals surface area contributed by atoms with Gasteiger partial charge in [-0.3, -0.25) is 19.7 Å². The van der Waals surface area contributed by atoms with Crippen LogP contribution in [0.2, 0.25) is 0 Å². The molecule has 2 atom stereocenters. The third-order valence-electron chi connectivity index (χ3n) is 3.99. The Morgan fingerprint density at radius 2 is 2.26 bits per heavy atom. The lowest BCUT2D eigenvalue weighted by Crippen LogP contribution is -2.46. The molecule has 1 saturated carbocycles. The minimum atomic E-state index is -1.28. The summed E-state index contributed by atoms with van der Waals surface area (Å²) in [5.74, 6) is -1.34. The van der Waals surface area contributed by atoms with Crippen molar-refractivity contribution in [1.29, 1.82) is 0 Å². The second kappa shape index (κ2) is 6.63. The highest BCUT2D eigenvalue weighted by Crippen LogP contribution is 2.44. The number of ketones is 1. The van der Waals surface area contributed by atoms with E-state index in [1.165, 1.54) is 7.11 Å². The molecule has 1 fully saturated rings. The molecule has 0 aromatic carbocycles. The predicted molar refractivity (Wildman–Crippen MR) is 68.2 cm³/mol. The van der Waals surface area contributed by atoms with Gasteiger partial charge in [0.25, 0.3) is 0 Å². The van der Waals surface area contributed by atoms with E-state index in [9.17, 15) is 19.7 Å². The monoisotopic (exact) mass is 271 g/mol. The van der Waals surface area contributed by atoms with Gasteiger partial charge in [0.2, 0.25) is 6.54 Å². The number of unbranched alkanes of at least 4 members (excludes halogenated alkanes) is 1. The van der Waals surface area contributed by atoms with Crippen LogP contribution >= 0.6 is 0 Å². The molecular weight excluding hydrogens is 250 g/mol. The maximum Gasteiger partial charge on any atom is 0.319 e. The summed E-state index contributed by atoms with van der Waals surface area (Å²) in [7, 11) is 1.23. The van der Waals surface area contributed by atoms with E-state index in [4.69, 9.17) is 4.74 Å². The molecule has 1 aliphatic rings. The maximum absolute atomic E-state index is 12.2. The van der Waals surface area contributed by atoms with E-state index in [2.05, 4.69) is 0 Å². The van der Waals surface area contributed by atoms with E-state index in [0.29, 0.717) is 25.7 Å². The van der Waals surface area contributed by atoms with Crippen molar-refractivity contribution in [3.63, 3.8) is 0 Å². The topological polar surface area (TPSA) is 86.5 Å². The maximum atomic E-state index is 12.2. The number of ether oxygens (including phenoxy) is 1. The summed E-state index contributed by atoms with van der Waals surface area (Å²) in [6.45, 7) is 1.63. The number of esters is 1. The Balaban J connectivity index is 3.06. The fourth-order valence-electron chi connectivity index (χ4n) is 3.01. The summed E-state index contributed by atoms with van der Waals surface area (Å²) in [5.41, 5.74) is -1.28. The number of carbonyl (C=O) groups excluding carboxylic acids is 2. The van der Waals surface area contributed by atoms with Crippen LogP contribution in [0.25, 0.3) is 0 Å². The minimum absolute atomic E-state index is 0.192. The highest BCUT2D eigenvalue weighted by atomic mass is 16.6. The summed E-state index contributed by atoms with van der Waals surface area (Å²) in [5, 5.41) is 10.8. The Hall–Kier alpha value is -1.46. The summed E-state index contributed by atoms with van der Waals surface area (Å²) >= 11 is 0. The number of hydrogen-bond acceptors (Lipinski definition) is 5. The summed E-state index contributed by atoms with van der Waals surface area (Å²) in [6.07, 6.45) is 3.45. The zero-order valence-electron chi connectivity index (χ0n) is 11.5. The minimum Gasteiger partial charge on any atom is -0.468 e. The molecule has 6 nitrogen and oxygen atoms in total. The summed E-state index contributed by atoms with van der Waals surface area (Å²) < 4.78 is 4.77. The van der Waals surface area contributed by atoms with Crippen molar-refractivity contribution >= 4 is 11.8 Å². The first-order valence-corrected chi connectivity index (χ1v) is 6.72. The molecule has 1 aliphatic carbocycles. The fourth-order valence-corrected chi connectivity index (χ4v) is 3.01. The highest BCUT2D eigenvalue weighted by molar-refractivity contribution is 6.05. The third kappa shape index (κ3) is 3.11. The number of nitrogens with zero attached hydrogens (tertiary/aromatic N) is 1. The Labute approximate surface area is 112 Å². The van der Waals surface area contributed by atoms with Crippen molar-refractivity contribution in [2.75, 3.05) is 13.7 Å². The molecule has 0 spiro atoms. The van der Waals surface area contributed by atoms with Gasteiger partial charge in [-0.2, -0.15) is 0 Å². The lowest BCUT2D eigenvalue weighted by atomic mass is 9.71. The number of Topliss-reactive ketones (excluding diaryl/α,β-unsaturated/α-hetero) is 1. The average molecular weight is 271 g/mol. The first-order valence-electron chi connectivity index (χ1n) is 6.72. The predicted octanol–water partition coefficient (Wildman–Crippen LogP) is 1.98. The molecule has 0 saturated heterocycles. The molecule has 0 bridgehead atoms. The molecule has 19 heavy (non-hydrogen) atoms. The van der Waals surface area contributed by atoms with Crippen LogP contribution in [0.15, 0.2) is 0 Å². The van der Waals surface area contributed by atoms with E-state index >= 15 is 0 Å². The Kier molecular flexibility index (Phi) is 5.44. The molecule has 1 rings (SSSR count). The lowest BCUT2D eigenvalue weighted by Gasteiger charge is -2.31. The molecule has 0 heterocycles. The van der Waals surface area contributed by atoms with Crippen molar-refractivity contribution in [2.45, 2.75) is 45.4 Å². The quantitative estimate of drug-likeness (QED) is 0.306. The van der Waals surface area contributed by atoms with Gasteiger partial charge in [0.1, 0.15) is 5.41 Å².